The minimum absolute atomic E-state index is 0.104. The highest BCUT2D eigenvalue weighted by atomic mass is 16.3. The minimum Gasteiger partial charge on any atom is -0.396 e. The Kier molecular flexibility index (Phi) is 6.14. The molecule has 0 saturated carbocycles. The maximum Gasteiger partial charge on any atom is 0.0624 e. The zero-order valence-corrected chi connectivity index (χ0v) is 5.95. The lowest BCUT2D eigenvalue weighted by Gasteiger charge is -2.08. The van der Waals surface area contributed by atoms with Crippen molar-refractivity contribution in [1.29, 1.82) is 5.26 Å². The first kappa shape index (κ1) is 9.41. The van der Waals surface area contributed by atoms with E-state index in [2.05, 4.69) is 0 Å². The summed E-state index contributed by atoms with van der Waals surface area (Å²) < 4.78 is 0. The van der Waals surface area contributed by atoms with E-state index in [0.717, 1.165) is 0 Å². The highest BCUT2D eigenvalue weighted by Gasteiger charge is 2.05. The van der Waals surface area contributed by atoms with Gasteiger partial charge in [0.2, 0.25) is 0 Å². The summed E-state index contributed by atoms with van der Waals surface area (Å²) in [4.78, 5) is 0. The second-order valence-electron chi connectivity index (χ2n) is 2.25. The van der Waals surface area contributed by atoms with Crippen LogP contribution in [0.15, 0.2) is 0 Å². The maximum atomic E-state index is 8.50. The van der Waals surface area contributed by atoms with E-state index in [0.29, 0.717) is 19.3 Å². The van der Waals surface area contributed by atoms with Gasteiger partial charge in [0.1, 0.15) is 0 Å². The van der Waals surface area contributed by atoms with E-state index in [1.165, 1.54) is 0 Å². The van der Waals surface area contributed by atoms with Crippen LogP contribution in [0.4, 0.5) is 0 Å². The van der Waals surface area contributed by atoms with Crippen LogP contribution in [0.5, 0.6) is 0 Å². The number of aliphatic hydroxyl groups is 2. The Morgan fingerprint density at radius 2 is 1.70 bits per heavy atom. The summed E-state index contributed by atoms with van der Waals surface area (Å²) in [5.74, 6) is 0.167. The molecule has 0 fully saturated rings. The summed E-state index contributed by atoms with van der Waals surface area (Å²) in [5, 5.41) is 25.3. The van der Waals surface area contributed by atoms with E-state index >= 15 is 0 Å². The lowest BCUT2D eigenvalue weighted by molar-refractivity contribution is 0.217. The fourth-order valence-electron chi connectivity index (χ4n) is 0.843. The highest BCUT2D eigenvalue weighted by molar-refractivity contribution is 4.75. The van der Waals surface area contributed by atoms with Gasteiger partial charge in [0.05, 0.1) is 6.07 Å². The second kappa shape index (κ2) is 6.53. The van der Waals surface area contributed by atoms with Crippen molar-refractivity contribution in [3.8, 4) is 6.07 Å². The fraction of sp³-hybridized carbons (Fsp3) is 0.857. The molecule has 0 aromatic rings. The molecule has 2 N–H and O–H groups in total. The van der Waals surface area contributed by atoms with E-state index in [4.69, 9.17) is 15.5 Å². The van der Waals surface area contributed by atoms with Gasteiger partial charge in [-0.25, -0.2) is 0 Å². The molecule has 0 saturated heterocycles. The minimum atomic E-state index is 0.104. The molecule has 0 bridgehead atoms. The van der Waals surface area contributed by atoms with Crippen LogP contribution >= 0.6 is 0 Å². The van der Waals surface area contributed by atoms with Crippen molar-refractivity contribution in [2.45, 2.75) is 19.3 Å². The molecule has 3 nitrogen and oxygen atoms in total. The normalized spacial score (nSPS) is 9.80. The maximum absolute atomic E-state index is 8.50. The van der Waals surface area contributed by atoms with Crippen LogP contribution < -0.4 is 0 Å². The van der Waals surface area contributed by atoms with Gasteiger partial charge < -0.3 is 10.2 Å². The Labute approximate surface area is 60.9 Å². The molecular weight excluding hydrogens is 130 g/mol. The van der Waals surface area contributed by atoms with Gasteiger partial charge in [-0.1, -0.05) is 0 Å². The lowest BCUT2D eigenvalue weighted by Crippen LogP contribution is -2.04. The molecular formula is C7H13NO2. The van der Waals surface area contributed by atoms with Crippen LogP contribution in [0.2, 0.25) is 0 Å². The predicted octanol–water partition coefficient (Wildman–Crippen LogP) is 0.281. The average molecular weight is 143 g/mol. The molecule has 0 aliphatic carbocycles. The summed E-state index contributed by atoms with van der Waals surface area (Å²) >= 11 is 0. The Balaban J connectivity index is 3.42. The summed E-state index contributed by atoms with van der Waals surface area (Å²) in [6, 6.07) is 2.02. The molecule has 0 unspecified atom stereocenters. The molecule has 0 radical (unpaired) electrons. The zero-order valence-electron chi connectivity index (χ0n) is 5.95. The third-order valence-corrected chi connectivity index (χ3v) is 1.45. The third-order valence-electron chi connectivity index (χ3n) is 1.45. The number of nitriles is 1. The smallest absolute Gasteiger partial charge is 0.0624 e. The number of hydrogen-bond donors (Lipinski definition) is 2. The quantitative estimate of drug-likeness (QED) is 0.581. The Morgan fingerprint density at radius 3 is 2.00 bits per heavy atom. The van der Waals surface area contributed by atoms with Gasteiger partial charge in [0.25, 0.3) is 0 Å². The first-order chi connectivity index (χ1) is 4.85. The predicted molar refractivity (Wildman–Crippen MR) is 37.1 cm³/mol. The molecule has 0 aromatic heterocycles. The molecule has 0 aliphatic heterocycles. The van der Waals surface area contributed by atoms with Crippen molar-refractivity contribution in [2.75, 3.05) is 13.2 Å². The van der Waals surface area contributed by atoms with Crippen molar-refractivity contribution < 1.29 is 10.2 Å². The Morgan fingerprint density at radius 1 is 1.20 bits per heavy atom. The van der Waals surface area contributed by atoms with Gasteiger partial charge in [-0.15, -0.1) is 0 Å². The summed E-state index contributed by atoms with van der Waals surface area (Å²) in [6.45, 7) is 0.207. The molecule has 10 heavy (non-hydrogen) atoms. The first-order valence-electron chi connectivity index (χ1n) is 3.43. The molecule has 0 atom stereocenters. The standard InChI is InChI=1S/C7H13NO2/c8-4-1-7(2-5-9)3-6-10/h7,9-10H,1-3,5-6H2. The average Bonchev–Trinajstić information content (AvgIpc) is 1.90. The van der Waals surface area contributed by atoms with Gasteiger partial charge in [-0.05, 0) is 18.8 Å². The van der Waals surface area contributed by atoms with Crippen molar-refractivity contribution >= 4 is 0 Å². The number of rotatable bonds is 5. The van der Waals surface area contributed by atoms with Crippen LogP contribution in [-0.4, -0.2) is 23.4 Å². The van der Waals surface area contributed by atoms with E-state index in [9.17, 15) is 0 Å². The second-order valence-corrected chi connectivity index (χ2v) is 2.25. The van der Waals surface area contributed by atoms with Crippen LogP contribution in [-0.2, 0) is 0 Å². The van der Waals surface area contributed by atoms with E-state index < -0.39 is 0 Å². The molecule has 0 aliphatic rings. The van der Waals surface area contributed by atoms with E-state index in [1.54, 1.807) is 0 Å². The van der Waals surface area contributed by atoms with Crippen LogP contribution in [0, 0.1) is 17.2 Å². The van der Waals surface area contributed by atoms with Crippen molar-refractivity contribution in [3.05, 3.63) is 0 Å². The SMILES string of the molecule is N#CCC(CCO)CCO. The fourth-order valence-corrected chi connectivity index (χ4v) is 0.843. The summed E-state index contributed by atoms with van der Waals surface area (Å²) in [6.07, 6.45) is 1.67. The van der Waals surface area contributed by atoms with Gasteiger partial charge in [-0.2, -0.15) is 5.26 Å². The highest BCUT2D eigenvalue weighted by Crippen LogP contribution is 2.10. The van der Waals surface area contributed by atoms with Crippen LogP contribution in [0.1, 0.15) is 19.3 Å². The molecule has 0 spiro atoms. The molecule has 3 heteroatoms. The topological polar surface area (TPSA) is 64.2 Å². The Bertz CT molecular complexity index is 103. The summed E-state index contributed by atoms with van der Waals surface area (Å²) in [7, 11) is 0. The zero-order chi connectivity index (χ0) is 7.82. The largest absolute Gasteiger partial charge is 0.396 e. The number of aliphatic hydroxyl groups excluding tert-OH is 2. The first-order valence-corrected chi connectivity index (χ1v) is 3.43. The molecule has 0 amide bonds. The van der Waals surface area contributed by atoms with Crippen LogP contribution in [0.25, 0.3) is 0 Å². The van der Waals surface area contributed by atoms with Gasteiger partial charge in [0, 0.05) is 19.6 Å². The van der Waals surface area contributed by atoms with Gasteiger partial charge >= 0.3 is 0 Å². The van der Waals surface area contributed by atoms with Crippen LogP contribution in [0.3, 0.4) is 0 Å². The summed E-state index contributed by atoms with van der Waals surface area (Å²) in [5.41, 5.74) is 0. The third kappa shape index (κ3) is 4.30. The van der Waals surface area contributed by atoms with E-state index in [1.807, 2.05) is 6.07 Å². The van der Waals surface area contributed by atoms with Gasteiger partial charge in [-0.3, -0.25) is 0 Å². The number of nitrogens with zero attached hydrogens (tertiary/aromatic N) is 1. The Hall–Kier alpha value is -0.590. The molecule has 0 heterocycles. The lowest BCUT2D eigenvalue weighted by atomic mass is 9.99. The molecule has 58 valence electrons. The van der Waals surface area contributed by atoms with Crippen molar-refractivity contribution in [3.63, 3.8) is 0 Å². The van der Waals surface area contributed by atoms with Crippen molar-refractivity contribution in [2.24, 2.45) is 5.92 Å². The van der Waals surface area contributed by atoms with Gasteiger partial charge in [0.15, 0.2) is 0 Å². The van der Waals surface area contributed by atoms with Crippen molar-refractivity contribution in [1.82, 2.24) is 0 Å². The number of hydrogen-bond acceptors (Lipinski definition) is 3. The van der Waals surface area contributed by atoms with E-state index in [-0.39, 0.29) is 19.1 Å². The molecule has 0 rings (SSSR count). The monoisotopic (exact) mass is 143 g/mol. The molecule has 0 aromatic carbocycles.